The van der Waals surface area contributed by atoms with Crippen molar-refractivity contribution < 1.29 is 37.9 Å². The lowest BCUT2D eigenvalue weighted by Crippen LogP contribution is -2.62. The summed E-state index contributed by atoms with van der Waals surface area (Å²) >= 11 is 0. The molecule has 4 fully saturated rings. The molecule has 4 aliphatic carbocycles. The zero-order valence-corrected chi connectivity index (χ0v) is 26.7. The number of carbonyl (C=O) groups excluding carboxylic acids is 3. The van der Waals surface area contributed by atoms with Gasteiger partial charge in [0.25, 0.3) is 0 Å². The largest absolute Gasteiger partial charge is 0.458 e. The molecule has 4 saturated carbocycles. The van der Waals surface area contributed by atoms with Crippen molar-refractivity contribution in [2.75, 3.05) is 62.0 Å². The molecule has 0 aromatic rings. The van der Waals surface area contributed by atoms with E-state index in [9.17, 15) is 19.5 Å². The number of cyclic esters (lactones) is 1. The molecule has 0 unspecified atom stereocenters. The van der Waals surface area contributed by atoms with Crippen LogP contribution in [0.15, 0.2) is 11.6 Å². The van der Waals surface area contributed by atoms with Crippen LogP contribution in [0.3, 0.4) is 0 Å². The van der Waals surface area contributed by atoms with E-state index < -0.39 is 11.0 Å². The molecule has 5 aliphatic rings. The summed E-state index contributed by atoms with van der Waals surface area (Å²) in [6.07, 6.45) is 8.57. The van der Waals surface area contributed by atoms with Gasteiger partial charge in [-0.25, -0.2) is 9.59 Å². The molecule has 41 heavy (non-hydrogen) atoms. The Hall–Kier alpha value is -1.77. The molecule has 8 nitrogen and oxygen atoms in total. The second kappa shape index (κ2) is 10.2. The van der Waals surface area contributed by atoms with Gasteiger partial charge in [0, 0.05) is 23.3 Å². The average molecular weight is 575 g/mol. The van der Waals surface area contributed by atoms with E-state index in [-0.39, 0.29) is 53.6 Å². The van der Waals surface area contributed by atoms with E-state index in [0.717, 1.165) is 50.5 Å². The number of ether oxygens (including phenoxy) is 2. The molecule has 0 saturated heterocycles. The lowest BCUT2D eigenvalue weighted by molar-refractivity contribution is -0.862. The molecule has 9 atom stereocenters. The third-order valence-corrected chi connectivity index (χ3v) is 11.9. The smallest absolute Gasteiger partial charge is 0.362 e. The maximum absolute atomic E-state index is 13.9. The number of hydrogen-bond donors (Lipinski definition) is 1. The predicted octanol–water partition coefficient (Wildman–Crippen LogP) is 3.36. The molecule has 1 heterocycles. The van der Waals surface area contributed by atoms with E-state index >= 15 is 0 Å². The van der Waals surface area contributed by atoms with Gasteiger partial charge in [-0.05, 0) is 80.1 Å². The number of nitrogens with zero attached hydrogens (tertiary/aromatic N) is 2. The number of fused-ring (bicyclic) bond motifs is 5. The van der Waals surface area contributed by atoms with Crippen LogP contribution >= 0.6 is 0 Å². The number of rotatable bonds is 7. The minimum atomic E-state index is -0.972. The molecule has 0 aromatic carbocycles. The molecule has 0 radical (unpaired) electrons. The number of esters is 2. The quantitative estimate of drug-likeness (QED) is 0.371. The third-order valence-electron chi connectivity index (χ3n) is 11.9. The van der Waals surface area contributed by atoms with E-state index in [1.54, 1.807) is 6.08 Å². The van der Waals surface area contributed by atoms with Gasteiger partial charge in [-0.2, -0.15) is 0 Å². The van der Waals surface area contributed by atoms with E-state index in [2.05, 4.69) is 13.8 Å². The number of ketones is 1. The number of hydrogen-bond acceptors (Lipinski definition) is 6. The molecule has 0 spiro atoms. The topological polar surface area (TPSA) is 89.9 Å². The summed E-state index contributed by atoms with van der Waals surface area (Å²) in [5.41, 5.74) is -0.488. The van der Waals surface area contributed by atoms with Gasteiger partial charge in [-0.15, -0.1) is 0 Å². The Morgan fingerprint density at radius 3 is 2.27 bits per heavy atom. The second-order valence-electron chi connectivity index (χ2n) is 16.7. The Balaban J connectivity index is 1.40. The van der Waals surface area contributed by atoms with E-state index in [0.29, 0.717) is 40.3 Å². The molecule has 5 rings (SSSR count). The fourth-order valence-corrected chi connectivity index (χ4v) is 10.1. The molecule has 1 aliphatic heterocycles. The van der Waals surface area contributed by atoms with Crippen LogP contribution in [0.25, 0.3) is 0 Å². The number of Topliss-reactive ketones (excluding diaryl/α,β-unsaturated/α-hetero) is 1. The van der Waals surface area contributed by atoms with Crippen LogP contribution < -0.4 is 0 Å². The highest BCUT2D eigenvalue weighted by molar-refractivity contribution is 5.87. The van der Waals surface area contributed by atoms with Gasteiger partial charge >= 0.3 is 11.9 Å². The van der Waals surface area contributed by atoms with Crippen LogP contribution in [0.5, 0.6) is 0 Å². The highest BCUT2D eigenvalue weighted by Crippen LogP contribution is 2.71. The van der Waals surface area contributed by atoms with E-state index in [1.165, 1.54) is 0 Å². The van der Waals surface area contributed by atoms with Crippen LogP contribution in [0, 0.1) is 40.4 Å². The highest BCUT2D eigenvalue weighted by atomic mass is 16.5. The summed E-state index contributed by atoms with van der Waals surface area (Å²) in [7, 11) is 12.1. The first-order chi connectivity index (χ1) is 18.9. The van der Waals surface area contributed by atoms with Crippen molar-refractivity contribution in [2.45, 2.75) is 76.9 Å². The normalized spacial score (nSPS) is 42.5. The van der Waals surface area contributed by atoms with Gasteiger partial charge in [0.1, 0.15) is 19.3 Å². The van der Waals surface area contributed by atoms with Gasteiger partial charge < -0.3 is 23.5 Å². The van der Waals surface area contributed by atoms with Crippen LogP contribution in [0.4, 0.5) is 0 Å². The first-order valence-corrected chi connectivity index (χ1v) is 15.8. The lowest BCUT2D eigenvalue weighted by Gasteiger charge is -2.63. The van der Waals surface area contributed by atoms with Gasteiger partial charge in [0.15, 0.2) is 12.3 Å². The Bertz CT molecular complexity index is 1120. The summed E-state index contributed by atoms with van der Waals surface area (Å²) in [6.45, 7) is 5.61. The minimum Gasteiger partial charge on any atom is -0.458 e. The summed E-state index contributed by atoms with van der Waals surface area (Å²) < 4.78 is 12.4. The standard InChI is InChI=1S/C33H54N2O6/c1-31-13-11-23(41-29(38)19-35(6,7)8)16-22(31)9-10-26-25(31)12-14-32(2)30(21-15-28(37)40-20-21)24(17-33(26,32)39)27(36)18-34(3,4)5/h15,22-26,30,39H,9-14,16-20H2,1-8H3/q+2/t22-,23-,24+,25-,26+,30-,31-,32+,33+/m0/s1. The molecular formula is C33H54N2O6+2. The van der Waals surface area contributed by atoms with Gasteiger partial charge in [0.2, 0.25) is 0 Å². The molecule has 8 heteroatoms. The Morgan fingerprint density at radius 2 is 1.66 bits per heavy atom. The minimum absolute atomic E-state index is 0.0270. The van der Waals surface area contributed by atoms with E-state index in [4.69, 9.17) is 9.47 Å². The lowest BCUT2D eigenvalue weighted by atomic mass is 9.43. The summed E-state index contributed by atoms with van der Waals surface area (Å²) in [5, 5.41) is 12.9. The number of carbonyl (C=O) groups is 3. The zero-order valence-electron chi connectivity index (χ0n) is 26.7. The predicted molar refractivity (Wildman–Crippen MR) is 155 cm³/mol. The average Bonchev–Trinajstić information content (AvgIpc) is 3.34. The van der Waals surface area contributed by atoms with Crippen molar-refractivity contribution in [1.82, 2.24) is 0 Å². The molecule has 0 aromatic heterocycles. The maximum Gasteiger partial charge on any atom is 0.362 e. The van der Waals surface area contributed by atoms with Crippen molar-refractivity contribution in [1.29, 1.82) is 0 Å². The fourth-order valence-electron chi connectivity index (χ4n) is 10.1. The molecule has 230 valence electrons. The van der Waals surface area contributed by atoms with Crippen LogP contribution in [0.2, 0.25) is 0 Å². The first kappa shape index (κ1) is 30.7. The second-order valence-corrected chi connectivity index (χ2v) is 16.7. The number of likely N-dealkylation sites (N-methyl/N-ethyl adjacent to an activating group) is 2. The number of quaternary nitrogens is 2. The molecule has 0 amide bonds. The van der Waals surface area contributed by atoms with Crippen molar-refractivity contribution in [2.24, 2.45) is 40.4 Å². The van der Waals surface area contributed by atoms with Gasteiger partial charge in [0.05, 0.1) is 47.9 Å². The summed E-state index contributed by atoms with van der Waals surface area (Å²) in [6, 6.07) is 0. The Morgan fingerprint density at radius 1 is 0.976 bits per heavy atom. The van der Waals surface area contributed by atoms with Gasteiger partial charge in [-0.3, -0.25) is 4.79 Å². The monoisotopic (exact) mass is 574 g/mol. The van der Waals surface area contributed by atoms with Crippen molar-refractivity contribution in [3.05, 3.63) is 11.6 Å². The van der Waals surface area contributed by atoms with Crippen molar-refractivity contribution >= 4 is 17.7 Å². The molecular weight excluding hydrogens is 520 g/mol. The molecule has 1 N–H and O–H groups in total. The van der Waals surface area contributed by atoms with Crippen molar-refractivity contribution in [3.63, 3.8) is 0 Å². The summed E-state index contributed by atoms with van der Waals surface area (Å²) in [5.74, 6) is 0.173. The fraction of sp³-hybridized carbons (Fsp3) is 0.848. The maximum atomic E-state index is 13.9. The van der Waals surface area contributed by atoms with Gasteiger partial charge in [-0.1, -0.05) is 13.8 Å². The van der Waals surface area contributed by atoms with Crippen molar-refractivity contribution in [3.8, 4) is 0 Å². The first-order valence-electron chi connectivity index (χ1n) is 15.8. The van der Waals surface area contributed by atoms with Crippen LogP contribution in [0.1, 0.15) is 65.2 Å². The third kappa shape index (κ3) is 5.42. The van der Waals surface area contributed by atoms with Crippen LogP contribution in [-0.4, -0.2) is 105 Å². The zero-order chi connectivity index (χ0) is 30.2. The van der Waals surface area contributed by atoms with Crippen LogP contribution in [-0.2, 0) is 23.9 Å². The number of aliphatic hydroxyl groups is 1. The Kier molecular flexibility index (Phi) is 7.60. The Labute approximate surface area is 246 Å². The highest BCUT2D eigenvalue weighted by Gasteiger charge is 2.71. The summed E-state index contributed by atoms with van der Waals surface area (Å²) in [4.78, 5) is 38.6. The van der Waals surface area contributed by atoms with E-state index in [1.807, 2.05) is 42.3 Å². The molecule has 0 bridgehead atoms. The SMILES string of the molecule is C[C@]12CC[C@H](OC(=O)C[N+](C)(C)C)C[C@@H]1CC[C@@H]1[C@@H]2CC[C@]2(C)[C@@H](C3=CC(=O)OC3)[C@@H](C(=O)C[N+](C)(C)C)C[C@@]12O.